The Morgan fingerprint density at radius 3 is 2.52 bits per heavy atom. The summed E-state index contributed by atoms with van der Waals surface area (Å²) in [6.07, 6.45) is 1.56. The first-order valence-corrected chi connectivity index (χ1v) is 10.6. The zero-order chi connectivity index (χ0) is 23.4. The van der Waals surface area contributed by atoms with Gasteiger partial charge in [0, 0.05) is 5.02 Å². The molecule has 0 aliphatic carbocycles. The Morgan fingerprint density at radius 2 is 1.79 bits per heavy atom. The summed E-state index contributed by atoms with van der Waals surface area (Å²) in [6.45, 7) is 2.41. The van der Waals surface area contributed by atoms with E-state index in [1.807, 2.05) is 6.92 Å². The van der Waals surface area contributed by atoms with E-state index in [0.29, 0.717) is 39.9 Å². The van der Waals surface area contributed by atoms with Crippen molar-refractivity contribution in [2.45, 2.75) is 13.5 Å². The van der Waals surface area contributed by atoms with E-state index >= 15 is 0 Å². The van der Waals surface area contributed by atoms with Crippen LogP contribution < -0.4 is 19.7 Å². The molecule has 0 bridgehead atoms. The third kappa shape index (κ3) is 5.15. The van der Waals surface area contributed by atoms with Gasteiger partial charge in [-0.2, -0.15) is 0 Å². The molecule has 0 saturated carbocycles. The predicted octanol–water partition coefficient (Wildman–Crippen LogP) is 5.55. The molecule has 1 aliphatic rings. The normalized spacial score (nSPS) is 14.5. The molecule has 3 amide bonds. The molecule has 168 valence electrons. The Bertz CT molecular complexity index is 1230. The van der Waals surface area contributed by atoms with Crippen molar-refractivity contribution in [2.24, 2.45) is 0 Å². The van der Waals surface area contributed by atoms with Crippen LogP contribution in [0.1, 0.15) is 18.1 Å². The Morgan fingerprint density at radius 1 is 1.00 bits per heavy atom. The number of hydrogen-bond donors (Lipinski definition) is 1. The molecule has 3 aromatic carbocycles. The number of nitrogens with one attached hydrogen (secondary N) is 1. The molecule has 0 atom stereocenters. The molecule has 1 saturated heterocycles. The number of carbonyl (C=O) groups excluding carboxylic acids is 2. The first-order valence-electron chi connectivity index (χ1n) is 10.2. The Hall–Kier alpha value is -3.84. The Kier molecular flexibility index (Phi) is 6.60. The third-order valence-electron chi connectivity index (χ3n) is 4.82. The third-order valence-corrected chi connectivity index (χ3v) is 5.08. The topological polar surface area (TPSA) is 67.9 Å². The van der Waals surface area contributed by atoms with Crippen LogP contribution in [0.2, 0.25) is 5.02 Å². The van der Waals surface area contributed by atoms with E-state index in [0.717, 1.165) is 4.90 Å². The van der Waals surface area contributed by atoms with E-state index in [2.05, 4.69) is 5.32 Å². The quantitative estimate of drug-likeness (QED) is 0.366. The van der Waals surface area contributed by atoms with Crippen molar-refractivity contribution in [3.63, 3.8) is 0 Å². The van der Waals surface area contributed by atoms with Crippen molar-refractivity contribution in [1.29, 1.82) is 0 Å². The summed E-state index contributed by atoms with van der Waals surface area (Å²) >= 11 is 5.89. The van der Waals surface area contributed by atoms with Gasteiger partial charge in [0.15, 0.2) is 11.5 Å². The maximum Gasteiger partial charge on any atom is 0.333 e. The van der Waals surface area contributed by atoms with Gasteiger partial charge in [-0.25, -0.2) is 14.1 Å². The first-order chi connectivity index (χ1) is 15.9. The highest BCUT2D eigenvalue weighted by Crippen LogP contribution is 2.31. The molecule has 0 unspecified atom stereocenters. The summed E-state index contributed by atoms with van der Waals surface area (Å²) in [5.74, 6) is 0.133. The van der Waals surface area contributed by atoms with Crippen LogP contribution in [-0.4, -0.2) is 18.5 Å². The van der Waals surface area contributed by atoms with E-state index in [9.17, 15) is 14.0 Å². The zero-order valence-corrected chi connectivity index (χ0v) is 18.4. The largest absolute Gasteiger partial charge is 0.490 e. The lowest BCUT2D eigenvalue weighted by molar-refractivity contribution is -0.113. The average molecular weight is 467 g/mol. The van der Waals surface area contributed by atoms with E-state index in [4.69, 9.17) is 21.1 Å². The molecule has 3 aromatic rings. The van der Waals surface area contributed by atoms with E-state index in [1.165, 1.54) is 12.1 Å². The van der Waals surface area contributed by atoms with E-state index < -0.39 is 11.9 Å². The van der Waals surface area contributed by atoms with Crippen LogP contribution in [0.3, 0.4) is 0 Å². The number of halogens is 2. The number of benzene rings is 3. The lowest BCUT2D eigenvalue weighted by atomic mass is 10.1. The summed E-state index contributed by atoms with van der Waals surface area (Å²) in [5, 5.41) is 3.10. The number of carbonyl (C=O) groups is 2. The SMILES string of the molecule is CCOc1cc(/C=C2/NC(=O)N(c3ccc(Cl)cc3)C2=O)ccc1OCc1cccc(F)c1. The molecule has 6 nitrogen and oxygen atoms in total. The van der Waals surface area contributed by atoms with Crippen LogP contribution in [0.5, 0.6) is 11.5 Å². The van der Waals surface area contributed by atoms with Gasteiger partial charge in [-0.1, -0.05) is 29.8 Å². The molecule has 1 heterocycles. The second-order valence-corrected chi connectivity index (χ2v) is 7.60. The smallest absolute Gasteiger partial charge is 0.333 e. The number of amides is 3. The molecule has 0 aromatic heterocycles. The average Bonchev–Trinajstić information content (AvgIpc) is 3.07. The number of hydrogen-bond acceptors (Lipinski definition) is 4. The van der Waals surface area contributed by atoms with Crippen molar-refractivity contribution in [3.05, 3.63) is 94.4 Å². The minimum atomic E-state index is -0.548. The minimum Gasteiger partial charge on any atom is -0.490 e. The zero-order valence-electron chi connectivity index (χ0n) is 17.7. The molecule has 0 spiro atoms. The highest BCUT2D eigenvalue weighted by molar-refractivity contribution is 6.31. The number of rotatable bonds is 7. The van der Waals surface area contributed by atoms with Crippen LogP contribution in [0.4, 0.5) is 14.9 Å². The molecular weight excluding hydrogens is 447 g/mol. The fourth-order valence-corrected chi connectivity index (χ4v) is 3.44. The summed E-state index contributed by atoms with van der Waals surface area (Å²) < 4.78 is 24.9. The van der Waals surface area contributed by atoms with Gasteiger partial charge in [0.05, 0.1) is 12.3 Å². The molecule has 33 heavy (non-hydrogen) atoms. The van der Waals surface area contributed by atoms with Gasteiger partial charge in [0.2, 0.25) is 0 Å². The molecule has 0 radical (unpaired) electrons. The van der Waals surface area contributed by atoms with Crippen LogP contribution >= 0.6 is 11.6 Å². The number of ether oxygens (including phenoxy) is 2. The van der Waals surface area contributed by atoms with Gasteiger partial charge in [0.1, 0.15) is 18.1 Å². The maximum absolute atomic E-state index is 13.4. The van der Waals surface area contributed by atoms with E-state index in [1.54, 1.807) is 60.7 Å². The highest BCUT2D eigenvalue weighted by atomic mass is 35.5. The molecule has 1 N–H and O–H groups in total. The Labute approximate surface area is 195 Å². The lowest BCUT2D eigenvalue weighted by Crippen LogP contribution is -2.30. The number of nitrogens with zero attached hydrogens (tertiary/aromatic N) is 1. The molecular formula is C25H20ClFN2O4. The maximum atomic E-state index is 13.4. The van der Waals surface area contributed by atoms with Gasteiger partial charge in [-0.05, 0) is 72.7 Å². The molecule has 1 fully saturated rings. The number of urea groups is 1. The van der Waals surface area contributed by atoms with Crippen molar-refractivity contribution < 1.29 is 23.5 Å². The lowest BCUT2D eigenvalue weighted by Gasteiger charge is -2.13. The molecule has 4 rings (SSSR count). The Balaban J connectivity index is 1.55. The summed E-state index contributed by atoms with van der Waals surface area (Å²) in [7, 11) is 0. The van der Waals surface area contributed by atoms with E-state index in [-0.39, 0.29) is 18.1 Å². The summed E-state index contributed by atoms with van der Waals surface area (Å²) in [5.41, 5.74) is 1.87. The first kappa shape index (κ1) is 22.4. The number of anilines is 1. The summed E-state index contributed by atoms with van der Waals surface area (Å²) in [6, 6.07) is 17.2. The van der Waals surface area contributed by atoms with Crippen LogP contribution in [-0.2, 0) is 11.4 Å². The second kappa shape index (κ2) is 9.75. The van der Waals surface area contributed by atoms with Gasteiger partial charge >= 0.3 is 6.03 Å². The summed E-state index contributed by atoms with van der Waals surface area (Å²) in [4.78, 5) is 26.3. The molecule has 8 heteroatoms. The van der Waals surface area contributed by atoms with Crippen molar-refractivity contribution in [2.75, 3.05) is 11.5 Å². The van der Waals surface area contributed by atoms with Gasteiger partial charge < -0.3 is 14.8 Å². The minimum absolute atomic E-state index is 0.130. The van der Waals surface area contributed by atoms with Crippen molar-refractivity contribution in [3.8, 4) is 11.5 Å². The number of imide groups is 1. The van der Waals surface area contributed by atoms with Crippen molar-refractivity contribution in [1.82, 2.24) is 5.32 Å². The highest BCUT2D eigenvalue weighted by Gasteiger charge is 2.34. The van der Waals surface area contributed by atoms with Gasteiger partial charge in [-0.15, -0.1) is 0 Å². The van der Waals surface area contributed by atoms with Crippen LogP contribution in [0.15, 0.2) is 72.4 Å². The van der Waals surface area contributed by atoms with Gasteiger partial charge in [0.25, 0.3) is 5.91 Å². The fraction of sp³-hybridized carbons (Fsp3) is 0.120. The second-order valence-electron chi connectivity index (χ2n) is 7.16. The van der Waals surface area contributed by atoms with Crippen LogP contribution in [0.25, 0.3) is 6.08 Å². The van der Waals surface area contributed by atoms with Gasteiger partial charge in [-0.3, -0.25) is 4.79 Å². The van der Waals surface area contributed by atoms with Crippen LogP contribution in [0, 0.1) is 5.82 Å². The monoisotopic (exact) mass is 466 g/mol. The molecule has 1 aliphatic heterocycles. The predicted molar refractivity (Wildman–Crippen MR) is 124 cm³/mol. The standard InChI is InChI=1S/C25H20ClFN2O4/c1-2-32-23-14-16(6-11-22(23)33-15-17-4-3-5-19(27)12-17)13-21-24(30)29(25(31)28-21)20-9-7-18(26)8-10-20/h3-14H,2,15H2,1H3,(H,28,31)/b21-13+. The van der Waals surface area contributed by atoms with Crippen molar-refractivity contribution >= 4 is 35.3 Å². The fourth-order valence-electron chi connectivity index (χ4n) is 3.32.